The normalized spacial score (nSPS) is 17.0. The Bertz CT molecular complexity index is 1170. The summed E-state index contributed by atoms with van der Waals surface area (Å²) >= 11 is 6.05. The summed E-state index contributed by atoms with van der Waals surface area (Å²) in [4.78, 5) is 41.1. The summed E-state index contributed by atoms with van der Waals surface area (Å²) in [5, 5.41) is 3.26. The predicted molar refractivity (Wildman–Crippen MR) is 141 cm³/mol. The van der Waals surface area contributed by atoms with Crippen molar-refractivity contribution < 1.29 is 19.1 Å². The molecule has 2 fully saturated rings. The molecule has 0 aromatic heterocycles. The quantitative estimate of drug-likeness (QED) is 0.585. The molecular formula is C28H32ClN3O4. The zero-order valence-electron chi connectivity index (χ0n) is 20.8. The van der Waals surface area contributed by atoms with Gasteiger partial charge < -0.3 is 19.9 Å². The standard InChI is InChI=1S/C28H32ClN3O4/c1-20(33)30-25-18-23(29)8-6-22(25)7-9-26(34)32-15-12-28(19-32)10-13-31(14-11-28)27(35)17-21-4-3-5-24(16-21)36-2/h3-9,16,18H,10-15,17,19H2,1-2H3,(H,30,33)/b9-7+. The number of rotatable bonds is 6. The summed E-state index contributed by atoms with van der Waals surface area (Å²) in [5.74, 6) is 0.634. The molecule has 2 saturated heterocycles. The molecule has 0 unspecified atom stereocenters. The van der Waals surface area contributed by atoms with Crippen molar-refractivity contribution >= 4 is 41.1 Å². The summed E-state index contributed by atoms with van der Waals surface area (Å²) in [5.41, 5.74) is 2.31. The van der Waals surface area contributed by atoms with Gasteiger partial charge in [-0.2, -0.15) is 0 Å². The molecule has 36 heavy (non-hydrogen) atoms. The van der Waals surface area contributed by atoms with Gasteiger partial charge in [-0.1, -0.05) is 29.8 Å². The van der Waals surface area contributed by atoms with Crippen molar-refractivity contribution in [1.29, 1.82) is 0 Å². The highest BCUT2D eigenvalue weighted by Gasteiger charge is 2.42. The van der Waals surface area contributed by atoms with E-state index in [4.69, 9.17) is 16.3 Å². The van der Waals surface area contributed by atoms with Gasteiger partial charge in [0.2, 0.25) is 17.7 Å². The van der Waals surface area contributed by atoms with E-state index in [1.165, 1.54) is 6.92 Å². The first-order valence-electron chi connectivity index (χ1n) is 12.2. The van der Waals surface area contributed by atoms with Crippen LogP contribution in [0, 0.1) is 5.41 Å². The lowest BCUT2D eigenvalue weighted by Gasteiger charge is -2.39. The van der Waals surface area contributed by atoms with Crippen LogP contribution in [0.5, 0.6) is 5.75 Å². The molecular weight excluding hydrogens is 478 g/mol. The molecule has 2 aromatic rings. The van der Waals surface area contributed by atoms with Gasteiger partial charge in [0.05, 0.1) is 13.5 Å². The molecule has 0 aliphatic carbocycles. The number of hydrogen-bond donors (Lipinski definition) is 1. The van der Waals surface area contributed by atoms with Crippen LogP contribution in [0.4, 0.5) is 5.69 Å². The average Bonchev–Trinajstić information content (AvgIpc) is 3.27. The van der Waals surface area contributed by atoms with Gasteiger partial charge in [0.25, 0.3) is 0 Å². The van der Waals surface area contributed by atoms with Crippen molar-refractivity contribution in [3.63, 3.8) is 0 Å². The topological polar surface area (TPSA) is 79.0 Å². The summed E-state index contributed by atoms with van der Waals surface area (Å²) in [6, 6.07) is 12.8. The van der Waals surface area contributed by atoms with Gasteiger partial charge in [0, 0.05) is 49.9 Å². The Morgan fingerprint density at radius 1 is 1.06 bits per heavy atom. The van der Waals surface area contributed by atoms with E-state index in [2.05, 4.69) is 5.32 Å². The molecule has 0 saturated carbocycles. The van der Waals surface area contributed by atoms with E-state index in [1.807, 2.05) is 34.1 Å². The molecule has 0 radical (unpaired) electrons. The fourth-order valence-corrected chi connectivity index (χ4v) is 5.24. The minimum absolute atomic E-state index is 0.0490. The van der Waals surface area contributed by atoms with Crippen molar-refractivity contribution in [3.05, 3.63) is 64.7 Å². The van der Waals surface area contributed by atoms with E-state index in [9.17, 15) is 14.4 Å². The summed E-state index contributed by atoms with van der Waals surface area (Å²) in [6.07, 6.45) is 6.38. The SMILES string of the molecule is COc1cccc(CC(=O)N2CCC3(CCN(C(=O)/C=C/c4ccc(Cl)cc4NC(C)=O)C3)CC2)c1. The van der Waals surface area contributed by atoms with Crippen molar-refractivity contribution in [1.82, 2.24) is 9.80 Å². The lowest BCUT2D eigenvalue weighted by atomic mass is 9.77. The van der Waals surface area contributed by atoms with Crippen LogP contribution >= 0.6 is 11.6 Å². The van der Waals surface area contributed by atoms with E-state index in [-0.39, 0.29) is 23.1 Å². The number of anilines is 1. The number of halogens is 1. The minimum Gasteiger partial charge on any atom is -0.497 e. The highest BCUT2D eigenvalue weighted by atomic mass is 35.5. The Labute approximate surface area is 217 Å². The molecule has 3 amide bonds. The van der Waals surface area contributed by atoms with Crippen molar-refractivity contribution in [2.45, 2.75) is 32.6 Å². The van der Waals surface area contributed by atoms with Crippen molar-refractivity contribution in [3.8, 4) is 5.75 Å². The van der Waals surface area contributed by atoms with E-state index in [1.54, 1.807) is 37.5 Å². The van der Waals surface area contributed by atoms with Crippen LogP contribution in [0.1, 0.15) is 37.3 Å². The number of nitrogens with one attached hydrogen (secondary N) is 1. The molecule has 1 N–H and O–H groups in total. The number of piperidine rings is 1. The van der Waals surface area contributed by atoms with Crippen LogP contribution in [0.2, 0.25) is 5.02 Å². The van der Waals surface area contributed by atoms with Crippen LogP contribution in [0.25, 0.3) is 6.08 Å². The van der Waals surface area contributed by atoms with Crippen LogP contribution in [-0.2, 0) is 20.8 Å². The number of carbonyl (C=O) groups is 3. The summed E-state index contributed by atoms with van der Waals surface area (Å²) in [7, 11) is 1.62. The maximum absolute atomic E-state index is 12.9. The van der Waals surface area contributed by atoms with Gasteiger partial charge in [-0.25, -0.2) is 0 Å². The van der Waals surface area contributed by atoms with Gasteiger partial charge in [-0.3, -0.25) is 14.4 Å². The molecule has 190 valence electrons. The van der Waals surface area contributed by atoms with Gasteiger partial charge in [-0.05, 0) is 66.1 Å². The van der Waals surface area contributed by atoms with Gasteiger partial charge >= 0.3 is 0 Å². The number of carbonyl (C=O) groups excluding carboxylic acids is 3. The number of amides is 3. The molecule has 0 bridgehead atoms. The third kappa shape index (κ3) is 6.26. The molecule has 8 heteroatoms. The molecule has 2 aromatic carbocycles. The van der Waals surface area contributed by atoms with Crippen LogP contribution in [-0.4, -0.2) is 60.8 Å². The van der Waals surface area contributed by atoms with Gasteiger partial charge in [-0.15, -0.1) is 0 Å². The fraction of sp³-hybridized carbons (Fsp3) is 0.393. The zero-order chi connectivity index (χ0) is 25.7. The Hall–Kier alpha value is -3.32. The smallest absolute Gasteiger partial charge is 0.246 e. The van der Waals surface area contributed by atoms with E-state index in [0.29, 0.717) is 43.3 Å². The first kappa shape index (κ1) is 25.8. The fourth-order valence-electron chi connectivity index (χ4n) is 5.07. The molecule has 0 atom stereocenters. The van der Waals surface area contributed by atoms with Crippen LogP contribution < -0.4 is 10.1 Å². The maximum Gasteiger partial charge on any atom is 0.246 e. The summed E-state index contributed by atoms with van der Waals surface area (Å²) < 4.78 is 5.26. The second kappa shape index (κ2) is 11.2. The lowest BCUT2D eigenvalue weighted by molar-refractivity contribution is -0.133. The van der Waals surface area contributed by atoms with E-state index in [0.717, 1.165) is 36.1 Å². The van der Waals surface area contributed by atoms with E-state index < -0.39 is 0 Å². The monoisotopic (exact) mass is 509 g/mol. The van der Waals surface area contributed by atoms with Crippen LogP contribution in [0.15, 0.2) is 48.5 Å². The average molecular weight is 510 g/mol. The lowest BCUT2D eigenvalue weighted by Crippen LogP contribution is -2.45. The number of benzene rings is 2. The number of methoxy groups -OCH3 is 1. The van der Waals surface area contributed by atoms with Crippen molar-refractivity contribution in [2.24, 2.45) is 5.41 Å². The molecule has 2 aliphatic heterocycles. The summed E-state index contributed by atoms with van der Waals surface area (Å²) in [6.45, 7) is 4.27. The third-order valence-corrected chi connectivity index (χ3v) is 7.38. The predicted octanol–water partition coefficient (Wildman–Crippen LogP) is 4.40. The second-order valence-electron chi connectivity index (χ2n) is 9.66. The number of nitrogens with zero attached hydrogens (tertiary/aromatic N) is 2. The maximum atomic E-state index is 12.9. The molecule has 4 rings (SSSR count). The molecule has 2 heterocycles. The Morgan fingerprint density at radius 2 is 1.78 bits per heavy atom. The first-order valence-corrected chi connectivity index (χ1v) is 12.6. The largest absolute Gasteiger partial charge is 0.497 e. The van der Waals surface area contributed by atoms with E-state index >= 15 is 0 Å². The minimum atomic E-state index is -0.201. The Morgan fingerprint density at radius 3 is 2.47 bits per heavy atom. The Kier molecular flexibility index (Phi) is 7.99. The second-order valence-corrected chi connectivity index (χ2v) is 10.1. The third-order valence-electron chi connectivity index (χ3n) is 7.15. The molecule has 1 spiro atoms. The van der Waals surface area contributed by atoms with Gasteiger partial charge in [0.15, 0.2) is 0 Å². The van der Waals surface area contributed by atoms with Crippen molar-refractivity contribution in [2.75, 3.05) is 38.6 Å². The molecule has 2 aliphatic rings. The number of likely N-dealkylation sites (tertiary alicyclic amines) is 2. The number of hydrogen-bond acceptors (Lipinski definition) is 4. The first-order chi connectivity index (χ1) is 17.3. The highest BCUT2D eigenvalue weighted by Crippen LogP contribution is 2.40. The Balaban J connectivity index is 1.31. The van der Waals surface area contributed by atoms with Gasteiger partial charge in [0.1, 0.15) is 5.75 Å². The molecule has 7 nitrogen and oxygen atoms in total. The van der Waals surface area contributed by atoms with Crippen LogP contribution in [0.3, 0.4) is 0 Å². The zero-order valence-corrected chi connectivity index (χ0v) is 21.5. The number of ether oxygens (including phenoxy) is 1. The highest BCUT2D eigenvalue weighted by molar-refractivity contribution is 6.31.